The SMILES string of the molecule is CCN(Cc1ccccn1)CC(O)CNC(C)(C)C. The lowest BCUT2D eigenvalue weighted by Crippen LogP contribution is -2.44. The molecule has 0 bridgehead atoms. The summed E-state index contributed by atoms with van der Waals surface area (Å²) >= 11 is 0. The fourth-order valence-corrected chi connectivity index (χ4v) is 1.81. The lowest BCUT2D eigenvalue weighted by molar-refractivity contribution is 0.104. The number of likely N-dealkylation sites (N-methyl/N-ethyl adjacent to an activating group) is 1. The third-order valence-electron chi connectivity index (χ3n) is 2.90. The topological polar surface area (TPSA) is 48.4 Å². The normalized spacial score (nSPS) is 13.8. The molecule has 0 spiro atoms. The number of nitrogens with zero attached hydrogens (tertiary/aromatic N) is 2. The largest absolute Gasteiger partial charge is 0.390 e. The molecule has 0 amide bonds. The number of hydrogen-bond acceptors (Lipinski definition) is 4. The summed E-state index contributed by atoms with van der Waals surface area (Å²) < 4.78 is 0. The van der Waals surface area contributed by atoms with Crippen LogP contribution in [-0.2, 0) is 6.54 Å². The van der Waals surface area contributed by atoms with E-state index in [0.717, 1.165) is 18.8 Å². The predicted molar refractivity (Wildman–Crippen MR) is 79.0 cm³/mol. The van der Waals surface area contributed by atoms with Crippen molar-refractivity contribution in [1.29, 1.82) is 0 Å². The van der Waals surface area contributed by atoms with Crippen LogP contribution < -0.4 is 5.32 Å². The second-order valence-electron chi connectivity index (χ2n) is 5.93. The zero-order valence-corrected chi connectivity index (χ0v) is 12.6. The molecule has 0 aliphatic carbocycles. The highest BCUT2D eigenvalue weighted by atomic mass is 16.3. The Kier molecular flexibility index (Phi) is 6.42. The molecule has 4 nitrogen and oxygen atoms in total. The summed E-state index contributed by atoms with van der Waals surface area (Å²) in [6.45, 7) is 11.4. The molecule has 108 valence electrons. The summed E-state index contributed by atoms with van der Waals surface area (Å²) in [6, 6.07) is 5.93. The molecule has 1 rings (SSSR count). The van der Waals surface area contributed by atoms with Gasteiger partial charge in [-0.15, -0.1) is 0 Å². The van der Waals surface area contributed by atoms with Crippen LogP contribution in [0.25, 0.3) is 0 Å². The van der Waals surface area contributed by atoms with Crippen molar-refractivity contribution in [2.24, 2.45) is 0 Å². The predicted octanol–water partition coefficient (Wildman–Crippen LogP) is 1.65. The number of aliphatic hydroxyl groups excluding tert-OH is 1. The van der Waals surface area contributed by atoms with Crippen molar-refractivity contribution < 1.29 is 5.11 Å². The van der Waals surface area contributed by atoms with Crippen molar-refractivity contribution in [3.8, 4) is 0 Å². The van der Waals surface area contributed by atoms with Crippen LogP contribution in [0, 0.1) is 0 Å². The molecule has 0 radical (unpaired) electrons. The summed E-state index contributed by atoms with van der Waals surface area (Å²) in [6.07, 6.45) is 1.45. The molecule has 0 aromatic carbocycles. The van der Waals surface area contributed by atoms with Crippen LogP contribution in [-0.4, -0.2) is 46.3 Å². The fourth-order valence-electron chi connectivity index (χ4n) is 1.81. The molecule has 1 aromatic heterocycles. The molecule has 1 atom stereocenters. The monoisotopic (exact) mass is 265 g/mol. The van der Waals surface area contributed by atoms with E-state index >= 15 is 0 Å². The average molecular weight is 265 g/mol. The Morgan fingerprint density at radius 3 is 2.63 bits per heavy atom. The molecule has 1 unspecified atom stereocenters. The van der Waals surface area contributed by atoms with Crippen LogP contribution >= 0.6 is 0 Å². The van der Waals surface area contributed by atoms with E-state index < -0.39 is 0 Å². The minimum atomic E-state index is -0.358. The molecule has 0 fully saturated rings. The Hall–Kier alpha value is -0.970. The highest BCUT2D eigenvalue weighted by molar-refractivity contribution is 5.03. The highest BCUT2D eigenvalue weighted by Gasteiger charge is 2.15. The molecular formula is C15H27N3O. The molecule has 0 aliphatic rings. The van der Waals surface area contributed by atoms with Gasteiger partial charge in [-0.1, -0.05) is 13.0 Å². The number of β-amino-alcohol motifs (C(OH)–C–C–N with tert-alkyl or cyclic N) is 1. The van der Waals surface area contributed by atoms with E-state index in [1.54, 1.807) is 6.20 Å². The molecule has 1 aromatic rings. The maximum Gasteiger partial charge on any atom is 0.0791 e. The van der Waals surface area contributed by atoms with Crippen molar-refractivity contribution in [3.05, 3.63) is 30.1 Å². The van der Waals surface area contributed by atoms with E-state index in [1.165, 1.54) is 0 Å². The van der Waals surface area contributed by atoms with Crippen molar-refractivity contribution in [2.75, 3.05) is 19.6 Å². The molecule has 1 heterocycles. The lowest BCUT2D eigenvalue weighted by atomic mass is 10.1. The number of rotatable bonds is 7. The first kappa shape index (κ1) is 16.1. The Balaban J connectivity index is 2.39. The third kappa shape index (κ3) is 7.25. The average Bonchev–Trinajstić information content (AvgIpc) is 2.36. The van der Waals surface area contributed by atoms with Gasteiger partial charge in [0.25, 0.3) is 0 Å². The van der Waals surface area contributed by atoms with Crippen LogP contribution in [0.3, 0.4) is 0 Å². The van der Waals surface area contributed by atoms with Gasteiger partial charge in [0.1, 0.15) is 0 Å². The van der Waals surface area contributed by atoms with Gasteiger partial charge in [-0.05, 0) is 39.4 Å². The van der Waals surface area contributed by atoms with E-state index in [0.29, 0.717) is 13.1 Å². The fraction of sp³-hybridized carbons (Fsp3) is 0.667. The summed E-state index contributed by atoms with van der Waals surface area (Å²) in [5.41, 5.74) is 1.08. The highest BCUT2D eigenvalue weighted by Crippen LogP contribution is 2.03. The number of aliphatic hydroxyl groups is 1. The van der Waals surface area contributed by atoms with E-state index in [4.69, 9.17) is 0 Å². The van der Waals surface area contributed by atoms with E-state index in [9.17, 15) is 5.11 Å². The van der Waals surface area contributed by atoms with Crippen molar-refractivity contribution in [1.82, 2.24) is 15.2 Å². The number of aromatic nitrogens is 1. The summed E-state index contributed by atoms with van der Waals surface area (Å²) in [5, 5.41) is 13.4. The maximum atomic E-state index is 10.1. The quantitative estimate of drug-likeness (QED) is 0.787. The van der Waals surface area contributed by atoms with Gasteiger partial charge in [0, 0.05) is 31.4 Å². The standard InChI is InChI=1S/C15H27N3O/c1-5-18(11-13-8-6-7-9-16-13)12-14(19)10-17-15(2,3)4/h6-9,14,17,19H,5,10-12H2,1-4H3. The van der Waals surface area contributed by atoms with Crippen molar-refractivity contribution in [2.45, 2.75) is 45.9 Å². The Bertz CT molecular complexity index is 348. The summed E-state index contributed by atoms with van der Waals surface area (Å²) in [4.78, 5) is 6.53. The molecule has 4 heteroatoms. The van der Waals surface area contributed by atoms with E-state index in [-0.39, 0.29) is 11.6 Å². The molecule has 0 saturated heterocycles. The minimum Gasteiger partial charge on any atom is -0.390 e. The number of pyridine rings is 1. The van der Waals surface area contributed by atoms with Crippen molar-refractivity contribution >= 4 is 0 Å². The second-order valence-corrected chi connectivity index (χ2v) is 5.93. The molecule has 19 heavy (non-hydrogen) atoms. The third-order valence-corrected chi connectivity index (χ3v) is 2.90. The van der Waals surface area contributed by atoms with Gasteiger partial charge in [-0.2, -0.15) is 0 Å². The molecular weight excluding hydrogens is 238 g/mol. The smallest absolute Gasteiger partial charge is 0.0791 e. The Labute approximate surface area is 116 Å². The van der Waals surface area contributed by atoms with Gasteiger partial charge in [0.2, 0.25) is 0 Å². The van der Waals surface area contributed by atoms with Gasteiger partial charge in [-0.3, -0.25) is 9.88 Å². The first-order valence-corrected chi connectivity index (χ1v) is 6.96. The zero-order chi connectivity index (χ0) is 14.3. The summed E-state index contributed by atoms with van der Waals surface area (Å²) in [5.74, 6) is 0. The molecule has 2 N–H and O–H groups in total. The minimum absolute atomic E-state index is 0.0407. The molecule has 0 saturated carbocycles. The second kappa shape index (κ2) is 7.58. The lowest BCUT2D eigenvalue weighted by Gasteiger charge is -2.26. The zero-order valence-electron chi connectivity index (χ0n) is 12.6. The first-order valence-electron chi connectivity index (χ1n) is 6.96. The van der Waals surface area contributed by atoms with Gasteiger partial charge < -0.3 is 10.4 Å². The maximum absolute atomic E-state index is 10.1. The van der Waals surface area contributed by atoms with Gasteiger partial charge in [0.15, 0.2) is 0 Å². The van der Waals surface area contributed by atoms with Gasteiger partial charge in [0.05, 0.1) is 11.8 Å². The Morgan fingerprint density at radius 1 is 1.37 bits per heavy atom. The van der Waals surface area contributed by atoms with Gasteiger partial charge in [-0.25, -0.2) is 0 Å². The van der Waals surface area contributed by atoms with Crippen LogP contribution in [0.5, 0.6) is 0 Å². The number of nitrogens with one attached hydrogen (secondary N) is 1. The van der Waals surface area contributed by atoms with Crippen LogP contribution in [0.1, 0.15) is 33.4 Å². The van der Waals surface area contributed by atoms with E-state index in [1.807, 2.05) is 18.2 Å². The summed E-state index contributed by atoms with van der Waals surface area (Å²) in [7, 11) is 0. The van der Waals surface area contributed by atoms with Crippen LogP contribution in [0.4, 0.5) is 0 Å². The first-order chi connectivity index (χ1) is 8.90. The van der Waals surface area contributed by atoms with Gasteiger partial charge >= 0.3 is 0 Å². The van der Waals surface area contributed by atoms with E-state index in [2.05, 4.69) is 42.9 Å². The van der Waals surface area contributed by atoms with Crippen LogP contribution in [0.15, 0.2) is 24.4 Å². The molecule has 0 aliphatic heterocycles. The Morgan fingerprint density at radius 2 is 2.11 bits per heavy atom. The van der Waals surface area contributed by atoms with Crippen molar-refractivity contribution in [3.63, 3.8) is 0 Å². The number of hydrogen-bond donors (Lipinski definition) is 2. The van der Waals surface area contributed by atoms with Crippen LogP contribution in [0.2, 0.25) is 0 Å².